The van der Waals surface area contributed by atoms with Crippen LogP contribution in [0.2, 0.25) is 0 Å². The number of ether oxygens (including phenoxy) is 3. The van der Waals surface area contributed by atoms with Gasteiger partial charge >= 0.3 is 5.97 Å². The molecule has 0 aromatic heterocycles. The molecule has 2 rings (SSSR count). The van der Waals surface area contributed by atoms with E-state index in [1.165, 1.54) is 14.2 Å². The first kappa shape index (κ1) is 15.3. The second kappa shape index (κ2) is 5.73. The molecule has 0 saturated heterocycles. The van der Waals surface area contributed by atoms with Gasteiger partial charge in [0.05, 0.1) is 19.8 Å². The Morgan fingerprint density at radius 3 is 2.52 bits per heavy atom. The van der Waals surface area contributed by atoms with Crippen LogP contribution < -0.4 is 9.47 Å². The van der Waals surface area contributed by atoms with Crippen molar-refractivity contribution in [2.45, 2.75) is 25.4 Å². The molecule has 6 heteroatoms. The lowest BCUT2D eigenvalue weighted by molar-refractivity contribution is -0.139. The largest absolute Gasteiger partial charge is 0.493 e. The smallest absolute Gasteiger partial charge is 0.303 e. The van der Waals surface area contributed by atoms with Gasteiger partial charge in [-0.1, -0.05) is 0 Å². The standard InChI is InChI=1S/C15H18O6/c1-15(5-4-14(17)18)10-7-13(20-3)12(19-2)6-9(10)11(16)8-21-15/h6-7H,4-5,8H2,1-3H3,(H,17,18). The number of aliphatic carboxylic acids is 1. The third-order valence-corrected chi connectivity index (χ3v) is 3.73. The number of methoxy groups -OCH3 is 2. The monoisotopic (exact) mass is 294 g/mol. The van der Waals surface area contributed by atoms with E-state index in [-0.39, 0.29) is 25.2 Å². The van der Waals surface area contributed by atoms with Crippen molar-refractivity contribution in [2.75, 3.05) is 20.8 Å². The van der Waals surface area contributed by atoms with E-state index < -0.39 is 11.6 Å². The topological polar surface area (TPSA) is 82.1 Å². The second-order valence-corrected chi connectivity index (χ2v) is 5.09. The van der Waals surface area contributed by atoms with Crippen LogP contribution in [0.15, 0.2) is 12.1 Å². The normalized spacial score (nSPS) is 20.8. The molecule has 1 aromatic rings. The summed E-state index contributed by atoms with van der Waals surface area (Å²) in [5.74, 6) is -0.110. The summed E-state index contributed by atoms with van der Waals surface area (Å²) in [6.45, 7) is 1.71. The molecule has 0 fully saturated rings. The highest BCUT2D eigenvalue weighted by molar-refractivity contribution is 6.00. The number of carbonyl (C=O) groups excluding carboxylic acids is 1. The number of fused-ring (bicyclic) bond motifs is 1. The Morgan fingerprint density at radius 1 is 1.33 bits per heavy atom. The van der Waals surface area contributed by atoms with E-state index in [0.29, 0.717) is 22.6 Å². The van der Waals surface area contributed by atoms with Crippen LogP contribution in [0.1, 0.15) is 35.7 Å². The molecular weight excluding hydrogens is 276 g/mol. The van der Waals surface area contributed by atoms with Gasteiger partial charge in [0.1, 0.15) is 6.61 Å². The van der Waals surface area contributed by atoms with Gasteiger partial charge in [0.25, 0.3) is 0 Å². The fourth-order valence-electron chi connectivity index (χ4n) is 2.48. The number of carbonyl (C=O) groups is 2. The highest BCUT2D eigenvalue weighted by atomic mass is 16.5. The number of carboxylic acids is 1. The van der Waals surface area contributed by atoms with Crippen molar-refractivity contribution in [1.29, 1.82) is 0 Å². The number of ketones is 1. The van der Waals surface area contributed by atoms with Gasteiger partial charge in [-0.25, -0.2) is 0 Å². The summed E-state index contributed by atoms with van der Waals surface area (Å²) in [4.78, 5) is 22.9. The third-order valence-electron chi connectivity index (χ3n) is 3.73. The van der Waals surface area contributed by atoms with Crippen molar-refractivity contribution in [3.05, 3.63) is 23.3 Å². The summed E-state index contributed by atoms with van der Waals surface area (Å²) in [7, 11) is 3.00. The van der Waals surface area contributed by atoms with Crippen molar-refractivity contribution in [3.63, 3.8) is 0 Å². The van der Waals surface area contributed by atoms with E-state index in [1.807, 2.05) is 0 Å². The molecule has 0 spiro atoms. The fourth-order valence-corrected chi connectivity index (χ4v) is 2.48. The van der Waals surface area contributed by atoms with E-state index in [2.05, 4.69) is 0 Å². The van der Waals surface area contributed by atoms with E-state index in [1.54, 1.807) is 19.1 Å². The molecule has 0 amide bonds. The number of rotatable bonds is 5. The first-order valence-corrected chi connectivity index (χ1v) is 6.56. The Hall–Kier alpha value is -2.08. The minimum Gasteiger partial charge on any atom is -0.493 e. The predicted octanol–water partition coefficient (Wildman–Crippen LogP) is 2.00. The molecule has 1 heterocycles. The Kier molecular flexibility index (Phi) is 4.18. The number of hydrogen-bond acceptors (Lipinski definition) is 5. The van der Waals surface area contributed by atoms with Gasteiger partial charge in [0.2, 0.25) is 0 Å². The molecule has 0 aliphatic carbocycles. The zero-order chi connectivity index (χ0) is 15.6. The maximum Gasteiger partial charge on any atom is 0.303 e. The SMILES string of the molecule is COc1cc2c(cc1OC)C(C)(CCC(=O)O)OCC2=O. The summed E-state index contributed by atoms with van der Waals surface area (Å²) in [6, 6.07) is 3.31. The van der Waals surface area contributed by atoms with Crippen molar-refractivity contribution in [1.82, 2.24) is 0 Å². The molecule has 0 radical (unpaired) electrons. The summed E-state index contributed by atoms with van der Waals surface area (Å²) < 4.78 is 16.1. The number of benzene rings is 1. The van der Waals surface area contributed by atoms with Gasteiger partial charge in [-0.3, -0.25) is 9.59 Å². The van der Waals surface area contributed by atoms with Gasteiger partial charge in [-0.2, -0.15) is 0 Å². The molecule has 1 unspecified atom stereocenters. The van der Waals surface area contributed by atoms with E-state index in [9.17, 15) is 9.59 Å². The Bertz CT molecular complexity index is 580. The molecule has 1 aromatic carbocycles. The second-order valence-electron chi connectivity index (χ2n) is 5.09. The summed E-state index contributed by atoms with van der Waals surface area (Å²) in [5.41, 5.74) is 0.297. The van der Waals surface area contributed by atoms with Gasteiger partial charge < -0.3 is 19.3 Å². The maximum absolute atomic E-state index is 12.0. The molecule has 0 bridgehead atoms. The highest BCUT2D eigenvalue weighted by Crippen LogP contribution is 2.42. The Balaban J connectivity index is 2.50. The minimum atomic E-state index is -0.904. The average molecular weight is 294 g/mol. The van der Waals surface area contributed by atoms with Crippen LogP contribution in [0.5, 0.6) is 11.5 Å². The minimum absolute atomic E-state index is 0.0432. The van der Waals surface area contributed by atoms with Crippen LogP contribution in [0.25, 0.3) is 0 Å². The molecular formula is C15H18O6. The Labute approximate surface area is 122 Å². The first-order chi connectivity index (χ1) is 9.91. The quantitative estimate of drug-likeness (QED) is 0.894. The first-order valence-electron chi connectivity index (χ1n) is 6.56. The zero-order valence-corrected chi connectivity index (χ0v) is 12.3. The molecule has 6 nitrogen and oxygen atoms in total. The number of carboxylic acid groups (broad SMARTS) is 1. The maximum atomic E-state index is 12.0. The van der Waals surface area contributed by atoms with Crippen LogP contribution in [0.3, 0.4) is 0 Å². The van der Waals surface area contributed by atoms with Gasteiger partial charge in [-0.15, -0.1) is 0 Å². The molecule has 114 valence electrons. The van der Waals surface area contributed by atoms with Crippen LogP contribution in [-0.4, -0.2) is 37.7 Å². The predicted molar refractivity (Wildman–Crippen MR) is 74.1 cm³/mol. The highest BCUT2D eigenvalue weighted by Gasteiger charge is 2.38. The lowest BCUT2D eigenvalue weighted by Gasteiger charge is -2.35. The van der Waals surface area contributed by atoms with Gasteiger partial charge in [0.15, 0.2) is 17.3 Å². The molecule has 1 aliphatic rings. The van der Waals surface area contributed by atoms with E-state index >= 15 is 0 Å². The summed E-state index contributed by atoms with van der Waals surface area (Å²) in [6.07, 6.45) is 0.233. The van der Waals surface area contributed by atoms with Crippen LogP contribution >= 0.6 is 0 Å². The van der Waals surface area contributed by atoms with Crippen molar-refractivity contribution >= 4 is 11.8 Å². The average Bonchev–Trinajstić information content (AvgIpc) is 2.48. The van der Waals surface area contributed by atoms with Crippen LogP contribution in [0.4, 0.5) is 0 Å². The van der Waals surface area contributed by atoms with Crippen molar-refractivity contribution in [3.8, 4) is 11.5 Å². The van der Waals surface area contributed by atoms with Crippen LogP contribution in [-0.2, 0) is 15.1 Å². The molecule has 0 saturated carbocycles. The summed E-state index contributed by atoms with van der Waals surface area (Å²) in [5, 5.41) is 8.87. The molecule has 21 heavy (non-hydrogen) atoms. The molecule has 1 aliphatic heterocycles. The lowest BCUT2D eigenvalue weighted by Crippen LogP contribution is -2.36. The van der Waals surface area contributed by atoms with Crippen molar-refractivity contribution < 1.29 is 28.9 Å². The third kappa shape index (κ3) is 2.85. The van der Waals surface area contributed by atoms with E-state index in [0.717, 1.165) is 0 Å². The van der Waals surface area contributed by atoms with Crippen LogP contribution in [0, 0.1) is 0 Å². The van der Waals surface area contributed by atoms with Gasteiger partial charge in [0, 0.05) is 12.0 Å². The number of hydrogen-bond donors (Lipinski definition) is 1. The zero-order valence-electron chi connectivity index (χ0n) is 12.3. The van der Waals surface area contributed by atoms with Crippen molar-refractivity contribution in [2.24, 2.45) is 0 Å². The Morgan fingerprint density at radius 2 is 1.95 bits per heavy atom. The lowest BCUT2D eigenvalue weighted by atomic mass is 9.83. The van der Waals surface area contributed by atoms with E-state index in [4.69, 9.17) is 19.3 Å². The van der Waals surface area contributed by atoms with Gasteiger partial charge in [-0.05, 0) is 31.0 Å². The fraction of sp³-hybridized carbons (Fsp3) is 0.467. The summed E-state index contributed by atoms with van der Waals surface area (Å²) >= 11 is 0. The number of Topliss-reactive ketones (excluding diaryl/α,β-unsaturated/α-hetero) is 1. The molecule has 1 atom stereocenters. The molecule has 1 N–H and O–H groups in total.